The smallest absolute Gasteiger partial charge is 0.383 e. The highest BCUT2D eigenvalue weighted by Crippen LogP contribution is 2.34. The normalized spacial score (nSPS) is 11.1. The first kappa shape index (κ1) is 10.6. The topological polar surface area (TPSA) is 62.7 Å². The van der Waals surface area contributed by atoms with Crippen LogP contribution in [0.15, 0.2) is 6.07 Å². The molecule has 1 rings (SSSR count). The fourth-order valence-corrected chi connectivity index (χ4v) is 1.05. The standard InChI is InChI=1S/C7H3ClF3N3/c8-5-4(7(9,10)11)1-3(2-12)6(13)14-5/h1H,(H2,13,14). The Morgan fingerprint density at radius 2 is 2.07 bits per heavy atom. The van der Waals surface area contributed by atoms with E-state index in [2.05, 4.69) is 4.98 Å². The maximum atomic E-state index is 12.2. The number of hydrogen-bond acceptors (Lipinski definition) is 3. The SMILES string of the molecule is N#Cc1cc(C(F)(F)F)c(Cl)nc1N. The van der Waals surface area contributed by atoms with Crippen molar-refractivity contribution in [3.63, 3.8) is 0 Å². The van der Waals surface area contributed by atoms with E-state index >= 15 is 0 Å². The van der Waals surface area contributed by atoms with E-state index in [1.165, 1.54) is 6.07 Å². The van der Waals surface area contributed by atoms with Crippen molar-refractivity contribution in [3.8, 4) is 6.07 Å². The predicted octanol–water partition coefficient (Wildman–Crippen LogP) is 2.21. The van der Waals surface area contributed by atoms with Gasteiger partial charge in [-0.25, -0.2) is 4.98 Å². The Morgan fingerprint density at radius 3 is 2.50 bits per heavy atom. The Bertz CT molecular complexity index is 408. The maximum Gasteiger partial charge on any atom is 0.419 e. The summed E-state index contributed by atoms with van der Waals surface area (Å²) in [6.45, 7) is 0. The minimum Gasteiger partial charge on any atom is -0.383 e. The lowest BCUT2D eigenvalue weighted by molar-refractivity contribution is -0.137. The second kappa shape index (κ2) is 3.35. The Morgan fingerprint density at radius 1 is 1.50 bits per heavy atom. The molecule has 1 aromatic rings. The van der Waals surface area contributed by atoms with Gasteiger partial charge >= 0.3 is 6.18 Å². The number of nitrogens with zero attached hydrogens (tertiary/aromatic N) is 2. The van der Waals surface area contributed by atoms with Crippen LogP contribution in [0.4, 0.5) is 19.0 Å². The van der Waals surface area contributed by atoms with E-state index in [0.29, 0.717) is 6.07 Å². The van der Waals surface area contributed by atoms with Crippen molar-refractivity contribution >= 4 is 17.4 Å². The highest BCUT2D eigenvalue weighted by atomic mass is 35.5. The number of halogens is 4. The van der Waals surface area contributed by atoms with Crippen LogP contribution >= 0.6 is 11.6 Å². The lowest BCUT2D eigenvalue weighted by atomic mass is 10.2. The molecule has 0 fully saturated rings. The van der Waals surface area contributed by atoms with E-state index in [4.69, 9.17) is 22.6 Å². The van der Waals surface area contributed by atoms with Crippen molar-refractivity contribution in [2.75, 3.05) is 5.73 Å². The molecule has 74 valence electrons. The Balaban J connectivity index is 3.41. The first-order valence-corrected chi connectivity index (χ1v) is 3.67. The quantitative estimate of drug-likeness (QED) is 0.683. The second-order valence-electron chi connectivity index (χ2n) is 2.37. The fourth-order valence-electron chi connectivity index (χ4n) is 0.792. The summed E-state index contributed by atoms with van der Waals surface area (Å²) < 4.78 is 36.7. The van der Waals surface area contributed by atoms with Gasteiger partial charge in [-0.15, -0.1) is 0 Å². The number of aromatic nitrogens is 1. The third-order valence-corrected chi connectivity index (χ3v) is 1.72. The van der Waals surface area contributed by atoms with Crippen molar-refractivity contribution in [1.29, 1.82) is 5.26 Å². The summed E-state index contributed by atoms with van der Waals surface area (Å²) in [5.74, 6) is -0.314. The van der Waals surface area contributed by atoms with Gasteiger partial charge in [-0.2, -0.15) is 18.4 Å². The third-order valence-electron chi connectivity index (χ3n) is 1.43. The van der Waals surface area contributed by atoms with Gasteiger partial charge in [0.15, 0.2) is 0 Å². The highest BCUT2D eigenvalue weighted by Gasteiger charge is 2.34. The lowest BCUT2D eigenvalue weighted by Gasteiger charge is -2.08. The first-order chi connectivity index (χ1) is 6.36. The average molecular weight is 222 g/mol. The molecule has 0 atom stereocenters. The molecule has 0 radical (unpaired) electrons. The Labute approximate surface area is 81.9 Å². The molecule has 0 saturated carbocycles. The molecule has 0 bridgehead atoms. The summed E-state index contributed by atoms with van der Waals surface area (Å²) >= 11 is 5.22. The van der Waals surface area contributed by atoms with E-state index in [-0.39, 0.29) is 11.4 Å². The largest absolute Gasteiger partial charge is 0.419 e. The van der Waals surface area contributed by atoms with Gasteiger partial charge in [0.05, 0.1) is 11.1 Å². The first-order valence-electron chi connectivity index (χ1n) is 3.29. The summed E-state index contributed by atoms with van der Waals surface area (Å²) in [6.07, 6.45) is -4.64. The molecule has 2 N–H and O–H groups in total. The highest BCUT2D eigenvalue weighted by molar-refractivity contribution is 6.30. The minimum atomic E-state index is -4.64. The molecule has 0 unspecified atom stereocenters. The van der Waals surface area contributed by atoms with Crippen LogP contribution in [0.2, 0.25) is 5.15 Å². The number of nitriles is 1. The molecule has 0 saturated heterocycles. The number of nitrogen functional groups attached to an aromatic ring is 1. The number of anilines is 1. The van der Waals surface area contributed by atoms with Gasteiger partial charge in [-0.1, -0.05) is 11.6 Å². The number of alkyl halides is 3. The van der Waals surface area contributed by atoms with Crippen LogP contribution in [-0.2, 0) is 6.18 Å². The van der Waals surface area contributed by atoms with E-state index in [1.807, 2.05) is 0 Å². The molecule has 0 aliphatic heterocycles. The van der Waals surface area contributed by atoms with Gasteiger partial charge in [-0.3, -0.25) is 0 Å². The molecular formula is C7H3ClF3N3. The van der Waals surface area contributed by atoms with Crippen molar-refractivity contribution in [2.45, 2.75) is 6.18 Å². The molecule has 7 heteroatoms. The summed E-state index contributed by atoms with van der Waals surface area (Å²) in [4.78, 5) is 3.21. The van der Waals surface area contributed by atoms with Crippen LogP contribution in [0.3, 0.4) is 0 Å². The van der Waals surface area contributed by atoms with Crippen LogP contribution in [0.25, 0.3) is 0 Å². The van der Waals surface area contributed by atoms with Gasteiger partial charge in [-0.05, 0) is 6.07 Å². The predicted molar refractivity (Wildman–Crippen MR) is 43.4 cm³/mol. The number of rotatable bonds is 0. The zero-order valence-corrected chi connectivity index (χ0v) is 7.32. The minimum absolute atomic E-state index is 0.314. The van der Waals surface area contributed by atoms with E-state index in [0.717, 1.165) is 0 Å². The molecule has 1 heterocycles. The molecule has 1 aromatic heterocycles. The van der Waals surface area contributed by atoms with Crippen molar-refractivity contribution in [3.05, 3.63) is 22.3 Å². The third kappa shape index (κ3) is 1.88. The van der Waals surface area contributed by atoms with Gasteiger partial charge in [0.25, 0.3) is 0 Å². The zero-order chi connectivity index (χ0) is 10.9. The van der Waals surface area contributed by atoms with Crippen molar-refractivity contribution in [1.82, 2.24) is 4.98 Å². The average Bonchev–Trinajstić information content (AvgIpc) is 2.02. The zero-order valence-electron chi connectivity index (χ0n) is 6.56. The monoisotopic (exact) mass is 221 g/mol. The lowest BCUT2D eigenvalue weighted by Crippen LogP contribution is -2.09. The van der Waals surface area contributed by atoms with Crippen LogP contribution in [0.1, 0.15) is 11.1 Å². The molecule has 0 aromatic carbocycles. The van der Waals surface area contributed by atoms with Gasteiger partial charge in [0, 0.05) is 0 Å². The molecule has 0 spiro atoms. The van der Waals surface area contributed by atoms with Crippen molar-refractivity contribution < 1.29 is 13.2 Å². The molecule has 0 amide bonds. The van der Waals surface area contributed by atoms with E-state index in [9.17, 15) is 13.2 Å². The summed E-state index contributed by atoms with van der Waals surface area (Å²) in [5, 5.41) is 7.66. The molecular weight excluding hydrogens is 219 g/mol. The summed E-state index contributed by atoms with van der Waals surface area (Å²) in [5.41, 5.74) is 3.65. The van der Waals surface area contributed by atoms with Crippen LogP contribution in [0.5, 0.6) is 0 Å². The van der Waals surface area contributed by atoms with Crippen LogP contribution in [0, 0.1) is 11.3 Å². The number of pyridine rings is 1. The number of nitrogens with two attached hydrogens (primary N) is 1. The summed E-state index contributed by atoms with van der Waals surface area (Å²) in [7, 11) is 0. The van der Waals surface area contributed by atoms with Crippen LogP contribution in [-0.4, -0.2) is 4.98 Å². The van der Waals surface area contributed by atoms with Crippen LogP contribution < -0.4 is 5.73 Å². The fraction of sp³-hybridized carbons (Fsp3) is 0.143. The van der Waals surface area contributed by atoms with Gasteiger partial charge in [0.2, 0.25) is 0 Å². The molecule has 3 nitrogen and oxygen atoms in total. The molecule has 0 aliphatic rings. The van der Waals surface area contributed by atoms with Gasteiger partial charge in [0.1, 0.15) is 17.0 Å². The van der Waals surface area contributed by atoms with Gasteiger partial charge < -0.3 is 5.73 Å². The van der Waals surface area contributed by atoms with E-state index in [1.54, 1.807) is 0 Å². The maximum absolute atomic E-state index is 12.2. The Hall–Kier alpha value is -1.48. The molecule has 14 heavy (non-hydrogen) atoms. The molecule has 0 aliphatic carbocycles. The van der Waals surface area contributed by atoms with E-state index < -0.39 is 16.9 Å². The second-order valence-corrected chi connectivity index (χ2v) is 2.73. The summed E-state index contributed by atoms with van der Waals surface area (Å²) in [6, 6.07) is 2.06. The number of hydrogen-bond donors (Lipinski definition) is 1. The van der Waals surface area contributed by atoms with Crippen molar-refractivity contribution in [2.24, 2.45) is 0 Å². The Kier molecular flexibility index (Phi) is 2.53.